The number of nitrogens with one attached hydrogen (secondary N) is 1. The van der Waals surface area contributed by atoms with Crippen LogP contribution in [0.2, 0.25) is 0 Å². The zero-order valence-electron chi connectivity index (χ0n) is 12.2. The fraction of sp³-hybridized carbons (Fsp3) is 0.250. The van der Waals surface area contributed by atoms with E-state index in [0.29, 0.717) is 17.0 Å². The van der Waals surface area contributed by atoms with Gasteiger partial charge in [-0.2, -0.15) is 5.10 Å². The molecule has 20 heavy (non-hydrogen) atoms. The molecule has 4 heteroatoms. The van der Waals surface area contributed by atoms with E-state index >= 15 is 0 Å². The van der Waals surface area contributed by atoms with Crippen LogP contribution in [0.1, 0.15) is 39.9 Å². The van der Waals surface area contributed by atoms with Gasteiger partial charge in [0.25, 0.3) is 5.91 Å². The number of carbonyl (C=O) groups excluding carboxylic acids is 1. The third-order valence-electron chi connectivity index (χ3n) is 3.01. The summed E-state index contributed by atoms with van der Waals surface area (Å²) in [5, 5.41) is 4.09. The summed E-state index contributed by atoms with van der Waals surface area (Å²) in [7, 11) is 0. The third kappa shape index (κ3) is 3.15. The molecule has 0 atom stereocenters. The maximum atomic E-state index is 11.9. The standard InChI is InChI=1S/C16H18N2O2/c1-10-5-7-14(8-6-10)16(19)18-17-13(4)15-11(2)9-12(3)20-15/h5-9H,1-4H3,(H,18,19)/b17-13-. The van der Waals surface area contributed by atoms with Crippen LogP contribution >= 0.6 is 0 Å². The molecule has 4 nitrogen and oxygen atoms in total. The highest BCUT2D eigenvalue weighted by Crippen LogP contribution is 2.14. The highest BCUT2D eigenvalue weighted by Gasteiger charge is 2.09. The quantitative estimate of drug-likeness (QED) is 0.686. The topological polar surface area (TPSA) is 54.6 Å². The largest absolute Gasteiger partial charge is 0.460 e. The number of nitrogens with zero attached hydrogens (tertiary/aromatic N) is 1. The van der Waals surface area contributed by atoms with Crippen molar-refractivity contribution in [3.63, 3.8) is 0 Å². The molecule has 0 bridgehead atoms. The molecule has 1 amide bonds. The Labute approximate surface area is 118 Å². The highest BCUT2D eigenvalue weighted by atomic mass is 16.3. The lowest BCUT2D eigenvalue weighted by Crippen LogP contribution is -2.19. The minimum atomic E-state index is -0.231. The molecule has 1 aromatic heterocycles. The fourth-order valence-electron chi connectivity index (χ4n) is 1.96. The van der Waals surface area contributed by atoms with Crippen molar-refractivity contribution in [3.8, 4) is 0 Å². The van der Waals surface area contributed by atoms with Crippen molar-refractivity contribution in [1.82, 2.24) is 5.43 Å². The van der Waals surface area contributed by atoms with Crippen LogP contribution in [0.3, 0.4) is 0 Å². The Balaban J connectivity index is 2.10. The summed E-state index contributed by atoms with van der Waals surface area (Å²) in [6, 6.07) is 9.28. The molecule has 0 aliphatic heterocycles. The number of aryl methyl sites for hydroxylation is 3. The van der Waals surface area contributed by atoms with E-state index in [1.807, 2.05) is 39.0 Å². The maximum Gasteiger partial charge on any atom is 0.271 e. The van der Waals surface area contributed by atoms with Gasteiger partial charge in [0.15, 0.2) is 5.76 Å². The molecule has 0 radical (unpaired) electrons. The molecule has 2 aromatic rings. The van der Waals surface area contributed by atoms with E-state index in [-0.39, 0.29) is 5.91 Å². The summed E-state index contributed by atoms with van der Waals surface area (Å²) >= 11 is 0. The van der Waals surface area contributed by atoms with Crippen molar-refractivity contribution in [2.24, 2.45) is 5.10 Å². The van der Waals surface area contributed by atoms with Gasteiger partial charge in [-0.3, -0.25) is 4.79 Å². The van der Waals surface area contributed by atoms with Crippen molar-refractivity contribution in [3.05, 3.63) is 58.5 Å². The summed E-state index contributed by atoms with van der Waals surface area (Å²) in [5.74, 6) is 1.30. The first kappa shape index (κ1) is 14.1. The number of amides is 1. The molecule has 2 rings (SSSR count). The van der Waals surface area contributed by atoms with E-state index in [2.05, 4.69) is 10.5 Å². The maximum absolute atomic E-state index is 11.9. The van der Waals surface area contributed by atoms with Crippen LogP contribution in [0.4, 0.5) is 0 Å². The first-order valence-corrected chi connectivity index (χ1v) is 6.46. The van der Waals surface area contributed by atoms with E-state index in [4.69, 9.17) is 4.42 Å². The number of hydrazone groups is 1. The Morgan fingerprint density at radius 2 is 1.80 bits per heavy atom. The Hall–Kier alpha value is -2.36. The summed E-state index contributed by atoms with van der Waals surface area (Å²) < 4.78 is 5.55. The number of furan rings is 1. The normalized spacial score (nSPS) is 11.5. The van der Waals surface area contributed by atoms with E-state index in [1.165, 1.54) is 0 Å². The SMILES string of the molecule is C/C(=N/NC(=O)c1ccc(C)cc1)c1oc(C)cc1C. The van der Waals surface area contributed by atoms with E-state index in [0.717, 1.165) is 16.9 Å². The van der Waals surface area contributed by atoms with Crippen molar-refractivity contribution < 1.29 is 9.21 Å². The lowest BCUT2D eigenvalue weighted by molar-refractivity contribution is 0.0955. The van der Waals surface area contributed by atoms with Crippen LogP contribution in [0.5, 0.6) is 0 Å². The lowest BCUT2D eigenvalue weighted by Gasteiger charge is -2.02. The van der Waals surface area contributed by atoms with Crippen molar-refractivity contribution in [1.29, 1.82) is 0 Å². The van der Waals surface area contributed by atoms with E-state index in [1.54, 1.807) is 19.1 Å². The molecule has 1 heterocycles. The lowest BCUT2D eigenvalue weighted by atomic mass is 10.1. The van der Waals surface area contributed by atoms with Gasteiger partial charge in [0.05, 0.1) is 0 Å². The molecule has 0 aliphatic carbocycles. The van der Waals surface area contributed by atoms with Gasteiger partial charge in [-0.25, -0.2) is 5.43 Å². The number of hydrogen-bond donors (Lipinski definition) is 1. The Kier molecular flexibility index (Phi) is 4.03. The number of benzene rings is 1. The monoisotopic (exact) mass is 270 g/mol. The van der Waals surface area contributed by atoms with Gasteiger partial charge < -0.3 is 4.42 Å². The molecule has 0 aliphatic rings. The Bertz CT molecular complexity index is 652. The molecule has 104 valence electrons. The van der Waals surface area contributed by atoms with Gasteiger partial charge in [0.1, 0.15) is 11.5 Å². The van der Waals surface area contributed by atoms with Crippen LogP contribution in [-0.2, 0) is 0 Å². The van der Waals surface area contributed by atoms with Crippen molar-refractivity contribution >= 4 is 11.6 Å². The molecule has 0 spiro atoms. The first-order chi connectivity index (χ1) is 9.47. The van der Waals surface area contributed by atoms with Crippen LogP contribution in [-0.4, -0.2) is 11.6 Å². The molecule has 1 N–H and O–H groups in total. The van der Waals surface area contributed by atoms with Crippen LogP contribution in [0.25, 0.3) is 0 Å². The molecule has 0 saturated carbocycles. The fourth-order valence-corrected chi connectivity index (χ4v) is 1.96. The second-order valence-corrected chi connectivity index (χ2v) is 4.87. The van der Waals surface area contributed by atoms with Gasteiger partial charge in [-0.05, 0) is 51.5 Å². The van der Waals surface area contributed by atoms with Crippen molar-refractivity contribution in [2.75, 3.05) is 0 Å². The van der Waals surface area contributed by atoms with Crippen LogP contribution < -0.4 is 5.43 Å². The van der Waals surface area contributed by atoms with Gasteiger partial charge in [-0.15, -0.1) is 0 Å². The smallest absolute Gasteiger partial charge is 0.271 e. The minimum absolute atomic E-state index is 0.231. The van der Waals surface area contributed by atoms with Gasteiger partial charge in [-0.1, -0.05) is 17.7 Å². The number of hydrogen-bond acceptors (Lipinski definition) is 3. The van der Waals surface area contributed by atoms with E-state index < -0.39 is 0 Å². The first-order valence-electron chi connectivity index (χ1n) is 6.46. The molecule has 1 aromatic carbocycles. The average molecular weight is 270 g/mol. The number of rotatable bonds is 3. The zero-order valence-corrected chi connectivity index (χ0v) is 12.2. The second-order valence-electron chi connectivity index (χ2n) is 4.87. The van der Waals surface area contributed by atoms with E-state index in [9.17, 15) is 4.79 Å². The molecule has 0 unspecified atom stereocenters. The Morgan fingerprint density at radius 1 is 1.15 bits per heavy atom. The molecular weight excluding hydrogens is 252 g/mol. The summed E-state index contributed by atoms with van der Waals surface area (Å²) in [6.45, 7) is 7.62. The predicted octanol–water partition coefficient (Wildman–Crippen LogP) is 3.36. The van der Waals surface area contributed by atoms with Crippen LogP contribution in [0, 0.1) is 20.8 Å². The van der Waals surface area contributed by atoms with Crippen molar-refractivity contribution in [2.45, 2.75) is 27.7 Å². The summed E-state index contributed by atoms with van der Waals surface area (Å²) in [4.78, 5) is 11.9. The summed E-state index contributed by atoms with van der Waals surface area (Å²) in [6.07, 6.45) is 0. The average Bonchev–Trinajstić information content (AvgIpc) is 2.75. The van der Waals surface area contributed by atoms with Gasteiger partial charge >= 0.3 is 0 Å². The summed E-state index contributed by atoms with van der Waals surface area (Å²) in [5.41, 5.74) is 5.90. The van der Waals surface area contributed by atoms with Gasteiger partial charge in [0.2, 0.25) is 0 Å². The highest BCUT2D eigenvalue weighted by molar-refractivity contribution is 6.00. The van der Waals surface area contributed by atoms with Crippen LogP contribution in [0.15, 0.2) is 39.9 Å². The molecular formula is C16H18N2O2. The molecule has 0 fully saturated rings. The zero-order chi connectivity index (χ0) is 14.7. The molecule has 0 saturated heterocycles. The minimum Gasteiger partial charge on any atom is -0.460 e. The predicted molar refractivity (Wildman–Crippen MR) is 79.0 cm³/mol. The second kappa shape index (κ2) is 5.74. The number of carbonyl (C=O) groups is 1. The Morgan fingerprint density at radius 3 is 2.35 bits per heavy atom. The third-order valence-corrected chi connectivity index (χ3v) is 3.01. The van der Waals surface area contributed by atoms with Gasteiger partial charge in [0, 0.05) is 5.56 Å².